The minimum atomic E-state index is -0.253. The molecule has 0 unspecified atom stereocenters. The molecular weight excluding hydrogens is 469 g/mol. The van der Waals surface area contributed by atoms with Crippen molar-refractivity contribution in [2.75, 3.05) is 13.7 Å². The highest BCUT2D eigenvalue weighted by Gasteiger charge is 2.41. The highest BCUT2D eigenvalue weighted by Crippen LogP contribution is 2.42. The third kappa shape index (κ3) is 4.60. The number of rotatable bonds is 7. The fourth-order valence-corrected chi connectivity index (χ4v) is 4.53. The third-order valence-corrected chi connectivity index (χ3v) is 6.51. The molecule has 4 rings (SSSR count). The Bertz CT molecular complexity index is 1120. The van der Waals surface area contributed by atoms with Crippen molar-refractivity contribution in [1.29, 1.82) is 0 Å². The molecule has 0 saturated carbocycles. The van der Waals surface area contributed by atoms with Crippen molar-refractivity contribution in [1.82, 2.24) is 15.2 Å². The molecule has 6 nitrogen and oxygen atoms in total. The van der Waals surface area contributed by atoms with Crippen LogP contribution in [0.25, 0.3) is 11.3 Å². The van der Waals surface area contributed by atoms with Crippen molar-refractivity contribution in [2.45, 2.75) is 24.9 Å². The Balaban J connectivity index is 1.67. The molecule has 2 atom stereocenters. The van der Waals surface area contributed by atoms with E-state index in [2.05, 4.69) is 10.3 Å². The van der Waals surface area contributed by atoms with Crippen LogP contribution in [0.3, 0.4) is 0 Å². The van der Waals surface area contributed by atoms with E-state index in [0.717, 1.165) is 5.69 Å². The standard InChI is InChI=1S/C23H21Cl2N3O3S/c1-30-19(29)9-5-13-28-22(21(27-23(28)32)16-8-2-3-12-26-16)18-11-10-17(31-18)14-6-4-7-15(24)20(14)25/h2-4,6-8,10-12,21-22H,5,9,13H2,1H3,(H,27,32)/t21-,22-/m1/s1. The molecule has 1 saturated heterocycles. The number of esters is 1. The number of carbonyl (C=O) groups excluding carboxylic acids is 1. The lowest BCUT2D eigenvalue weighted by Crippen LogP contribution is -2.30. The van der Waals surface area contributed by atoms with Gasteiger partial charge in [-0.2, -0.15) is 0 Å². The van der Waals surface area contributed by atoms with Crippen LogP contribution in [-0.2, 0) is 9.53 Å². The van der Waals surface area contributed by atoms with Gasteiger partial charge in [-0.15, -0.1) is 0 Å². The maximum Gasteiger partial charge on any atom is 0.305 e. The lowest BCUT2D eigenvalue weighted by atomic mass is 10.0. The van der Waals surface area contributed by atoms with Crippen molar-refractivity contribution >= 4 is 46.5 Å². The van der Waals surface area contributed by atoms with E-state index in [9.17, 15) is 4.79 Å². The van der Waals surface area contributed by atoms with Crippen LogP contribution < -0.4 is 5.32 Å². The monoisotopic (exact) mass is 489 g/mol. The van der Waals surface area contributed by atoms with E-state index in [1.807, 2.05) is 47.4 Å². The minimum Gasteiger partial charge on any atom is -0.469 e. The first-order valence-corrected chi connectivity index (χ1v) is 11.2. The molecule has 2 aromatic heterocycles. The van der Waals surface area contributed by atoms with Crippen LogP contribution in [0.15, 0.2) is 59.1 Å². The number of methoxy groups -OCH3 is 1. The van der Waals surface area contributed by atoms with Crippen LogP contribution in [0, 0.1) is 0 Å². The fourth-order valence-electron chi connectivity index (χ4n) is 3.80. The first kappa shape index (κ1) is 22.6. The van der Waals surface area contributed by atoms with Crippen molar-refractivity contribution < 1.29 is 13.9 Å². The number of halogens is 2. The molecule has 0 aliphatic carbocycles. The van der Waals surface area contributed by atoms with Crippen molar-refractivity contribution in [3.8, 4) is 11.3 Å². The van der Waals surface area contributed by atoms with Gasteiger partial charge in [-0.3, -0.25) is 9.78 Å². The van der Waals surface area contributed by atoms with E-state index in [-0.39, 0.29) is 18.1 Å². The van der Waals surface area contributed by atoms with Gasteiger partial charge in [0.15, 0.2) is 5.11 Å². The zero-order valence-corrected chi connectivity index (χ0v) is 19.6. The van der Waals surface area contributed by atoms with Gasteiger partial charge in [-0.05, 0) is 55.0 Å². The third-order valence-electron chi connectivity index (χ3n) is 5.34. The predicted octanol–water partition coefficient (Wildman–Crippen LogP) is 5.57. The van der Waals surface area contributed by atoms with E-state index in [4.69, 9.17) is 44.6 Å². The van der Waals surface area contributed by atoms with Gasteiger partial charge in [0.05, 0.1) is 28.9 Å². The summed E-state index contributed by atoms with van der Waals surface area (Å²) in [4.78, 5) is 18.1. The van der Waals surface area contributed by atoms with Crippen LogP contribution in [0.1, 0.15) is 36.4 Å². The molecule has 1 fully saturated rings. The molecule has 0 radical (unpaired) electrons. The van der Waals surface area contributed by atoms with Gasteiger partial charge in [-0.25, -0.2) is 0 Å². The summed E-state index contributed by atoms with van der Waals surface area (Å²) in [5.74, 6) is 1.06. The summed E-state index contributed by atoms with van der Waals surface area (Å²) in [5.41, 5.74) is 1.56. The molecule has 9 heteroatoms. The number of hydrogen-bond acceptors (Lipinski definition) is 5. The fraction of sp³-hybridized carbons (Fsp3) is 0.261. The number of thiocarbonyl (C=S) groups is 1. The van der Waals surface area contributed by atoms with E-state index >= 15 is 0 Å². The Morgan fingerprint density at radius 3 is 2.81 bits per heavy atom. The molecule has 1 aromatic carbocycles. The molecule has 1 aliphatic heterocycles. The molecular formula is C23H21Cl2N3O3S. The van der Waals surface area contributed by atoms with E-state index < -0.39 is 0 Å². The second kappa shape index (κ2) is 9.90. The van der Waals surface area contributed by atoms with Gasteiger partial charge in [0.2, 0.25) is 0 Å². The summed E-state index contributed by atoms with van der Waals surface area (Å²) in [6, 6.07) is 14.5. The Morgan fingerprint density at radius 1 is 1.22 bits per heavy atom. The first-order valence-electron chi connectivity index (χ1n) is 10.1. The number of hydrogen-bond donors (Lipinski definition) is 1. The summed E-state index contributed by atoms with van der Waals surface area (Å²) in [6.45, 7) is 0.558. The van der Waals surface area contributed by atoms with Crippen molar-refractivity contribution in [2.24, 2.45) is 0 Å². The smallest absolute Gasteiger partial charge is 0.305 e. The molecule has 32 heavy (non-hydrogen) atoms. The van der Waals surface area contributed by atoms with E-state index in [1.165, 1.54) is 7.11 Å². The Kier molecular flexibility index (Phi) is 6.98. The Morgan fingerprint density at radius 2 is 2.06 bits per heavy atom. The second-order valence-corrected chi connectivity index (χ2v) is 8.47. The van der Waals surface area contributed by atoms with Gasteiger partial charge in [0, 0.05) is 24.7 Å². The topological polar surface area (TPSA) is 67.6 Å². The molecule has 3 heterocycles. The van der Waals surface area contributed by atoms with Crippen LogP contribution in [0.4, 0.5) is 0 Å². The zero-order valence-electron chi connectivity index (χ0n) is 17.3. The molecule has 0 amide bonds. The number of carbonyl (C=O) groups is 1. The van der Waals surface area contributed by atoms with Gasteiger partial charge < -0.3 is 19.4 Å². The Hall–Kier alpha value is -2.61. The summed E-state index contributed by atoms with van der Waals surface area (Å²) >= 11 is 18.2. The van der Waals surface area contributed by atoms with Crippen molar-refractivity contribution in [3.63, 3.8) is 0 Å². The lowest BCUT2D eigenvalue weighted by Gasteiger charge is -2.25. The quantitative estimate of drug-likeness (QED) is 0.343. The van der Waals surface area contributed by atoms with Crippen LogP contribution in [-0.4, -0.2) is 34.6 Å². The first-order chi connectivity index (χ1) is 15.5. The van der Waals surface area contributed by atoms with Gasteiger partial charge >= 0.3 is 5.97 Å². The minimum absolute atomic E-state index is 0.212. The van der Waals surface area contributed by atoms with Gasteiger partial charge in [0.1, 0.15) is 17.6 Å². The number of pyridine rings is 1. The maximum atomic E-state index is 11.6. The average Bonchev–Trinajstić information content (AvgIpc) is 3.41. The second-order valence-electron chi connectivity index (χ2n) is 7.30. The van der Waals surface area contributed by atoms with Crippen molar-refractivity contribution in [3.05, 3.63) is 76.2 Å². The molecule has 1 N–H and O–H groups in total. The molecule has 1 aliphatic rings. The number of nitrogens with one attached hydrogen (secondary N) is 1. The van der Waals surface area contributed by atoms with Gasteiger partial charge in [0.25, 0.3) is 0 Å². The van der Waals surface area contributed by atoms with E-state index in [0.29, 0.717) is 51.6 Å². The van der Waals surface area contributed by atoms with Gasteiger partial charge in [-0.1, -0.05) is 35.3 Å². The number of benzene rings is 1. The number of ether oxygens (including phenoxy) is 1. The number of nitrogens with zero attached hydrogens (tertiary/aromatic N) is 2. The summed E-state index contributed by atoms with van der Waals surface area (Å²) in [7, 11) is 1.38. The molecule has 0 bridgehead atoms. The van der Waals surface area contributed by atoms with Crippen LogP contribution in [0.5, 0.6) is 0 Å². The van der Waals surface area contributed by atoms with Crippen LogP contribution >= 0.6 is 35.4 Å². The highest BCUT2D eigenvalue weighted by molar-refractivity contribution is 7.80. The SMILES string of the molecule is COC(=O)CCCN1C(=S)N[C@H](c2ccccn2)[C@H]1c1ccc(-c2cccc(Cl)c2Cl)o1. The predicted molar refractivity (Wildman–Crippen MR) is 128 cm³/mol. The number of aromatic nitrogens is 1. The summed E-state index contributed by atoms with van der Waals surface area (Å²) in [6.07, 6.45) is 2.64. The molecule has 0 spiro atoms. The average molecular weight is 490 g/mol. The molecule has 3 aromatic rings. The summed E-state index contributed by atoms with van der Waals surface area (Å²) in [5, 5.41) is 4.84. The normalized spacial score (nSPS) is 18.0. The molecule has 166 valence electrons. The number of furan rings is 1. The zero-order chi connectivity index (χ0) is 22.7. The Labute approximate surface area is 201 Å². The van der Waals surface area contributed by atoms with Crippen LogP contribution in [0.2, 0.25) is 10.0 Å². The largest absolute Gasteiger partial charge is 0.469 e. The maximum absolute atomic E-state index is 11.6. The highest BCUT2D eigenvalue weighted by atomic mass is 35.5. The van der Waals surface area contributed by atoms with E-state index in [1.54, 1.807) is 12.3 Å². The lowest BCUT2D eigenvalue weighted by molar-refractivity contribution is -0.140. The summed E-state index contributed by atoms with van der Waals surface area (Å²) < 4.78 is 11.0.